The molecule has 0 spiro atoms. The number of Topliss-reactive ketones (excluding diaryl/α,β-unsaturated/α-hetero) is 1. The lowest BCUT2D eigenvalue weighted by molar-refractivity contribution is 0.0566. The van der Waals surface area contributed by atoms with E-state index in [0.717, 1.165) is 10.9 Å². The summed E-state index contributed by atoms with van der Waals surface area (Å²) in [6, 6.07) is 7.39. The second-order valence-electron chi connectivity index (χ2n) is 4.66. The molecular weight excluding hydrogens is 276 g/mol. The molecule has 2 heterocycles. The van der Waals surface area contributed by atoms with Crippen LogP contribution in [0, 0.1) is 0 Å². The summed E-state index contributed by atoms with van der Waals surface area (Å²) in [6.07, 6.45) is 4.70. The quantitative estimate of drug-likeness (QED) is 0.685. The van der Waals surface area contributed by atoms with Gasteiger partial charge in [0.25, 0.3) is 0 Å². The molecule has 0 atom stereocenters. The number of ketones is 1. The highest BCUT2D eigenvalue weighted by Gasteiger charge is 2.16. The van der Waals surface area contributed by atoms with E-state index < -0.39 is 6.55 Å². The molecule has 6 heteroatoms. The fraction of sp³-hybridized carbons (Fsp3) is 0.200. The first-order valence-corrected chi connectivity index (χ1v) is 6.57. The van der Waals surface area contributed by atoms with Crippen LogP contribution in [0.5, 0.6) is 0 Å². The molecule has 0 radical (unpaired) electrons. The summed E-state index contributed by atoms with van der Waals surface area (Å²) in [5, 5.41) is 4.45. The number of carbonyl (C=O) groups is 1. The third-order valence-corrected chi connectivity index (χ3v) is 3.40. The van der Waals surface area contributed by atoms with Crippen LogP contribution in [0.4, 0.5) is 8.78 Å². The Morgan fingerprint density at radius 2 is 2.05 bits per heavy atom. The van der Waals surface area contributed by atoms with Crippen LogP contribution in [-0.2, 0) is 0 Å². The van der Waals surface area contributed by atoms with Gasteiger partial charge in [-0.25, -0.2) is 4.68 Å². The van der Waals surface area contributed by atoms with Crippen molar-refractivity contribution in [1.82, 2.24) is 14.3 Å². The van der Waals surface area contributed by atoms with Crippen molar-refractivity contribution in [3.63, 3.8) is 0 Å². The number of fused-ring (bicyclic) bond motifs is 1. The largest absolute Gasteiger partial charge is 0.333 e. The minimum absolute atomic E-state index is 0.0196. The van der Waals surface area contributed by atoms with E-state index in [1.54, 1.807) is 17.7 Å². The number of aromatic nitrogens is 3. The van der Waals surface area contributed by atoms with E-state index in [0.29, 0.717) is 22.4 Å². The zero-order chi connectivity index (χ0) is 15.0. The Morgan fingerprint density at radius 3 is 2.71 bits per heavy atom. The third kappa shape index (κ3) is 2.22. The zero-order valence-corrected chi connectivity index (χ0v) is 11.3. The summed E-state index contributed by atoms with van der Waals surface area (Å²) in [5.41, 5.74) is 1.89. The number of halogens is 2. The first-order valence-electron chi connectivity index (χ1n) is 6.57. The molecule has 108 valence electrons. The summed E-state index contributed by atoms with van der Waals surface area (Å²) < 4.78 is 27.6. The first-order chi connectivity index (χ1) is 10.1. The van der Waals surface area contributed by atoms with Crippen LogP contribution < -0.4 is 0 Å². The van der Waals surface area contributed by atoms with Crippen LogP contribution in [0.2, 0.25) is 0 Å². The van der Waals surface area contributed by atoms with E-state index in [9.17, 15) is 13.6 Å². The maximum absolute atomic E-state index is 12.6. The molecule has 0 saturated carbocycles. The fourth-order valence-electron chi connectivity index (χ4n) is 2.37. The molecule has 0 aliphatic rings. The minimum Gasteiger partial charge on any atom is -0.313 e. The molecule has 0 saturated heterocycles. The monoisotopic (exact) mass is 289 g/mol. The van der Waals surface area contributed by atoms with Crippen LogP contribution in [-0.4, -0.2) is 20.1 Å². The van der Waals surface area contributed by atoms with E-state index >= 15 is 0 Å². The van der Waals surface area contributed by atoms with E-state index in [4.69, 9.17) is 0 Å². The van der Waals surface area contributed by atoms with Gasteiger partial charge in [0.1, 0.15) is 0 Å². The van der Waals surface area contributed by atoms with Gasteiger partial charge in [0.2, 0.25) is 0 Å². The molecule has 0 bridgehead atoms. The molecule has 0 N–H and O–H groups in total. The van der Waals surface area contributed by atoms with Gasteiger partial charge in [0.15, 0.2) is 5.78 Å². The highest BCUT2D eigenvalue weighted by molar-refractivity contribution is 6.08. The summed E-state index contributed by atoms with van der Waals surface area (Å²) >= 11 is 0. The molecule has 21 heavy (non-hydrogen) atoms. The van der Waals surface area contributed by atoms with E-state index in [1.165, 1.54) is 12.4 Å². The standard InChI is InChI=1S/C15H13F2N3O/c1-2-14(21)12-9-19(13-6-4-3-5-11(12)13)10-7-18-20(8-10)15(16)17/h3-9,15H,2H2,1H3. The third-order valence-electron chi connectivity index (χ3n) is 3.40. The first kappa shape index (κ1) is 13.5. The van der Waals surface area contributed by atoms with Gasteiger partial charge in [0, 0.05) is 23.6 Å². The molecule has 0 fully saturated rings. The summed E-state index contributed by atoms with van der Waals surface area (Å²) in [5.74, 6) is 0.0196. The van der Waals surface area contributed by atoms with Crippen LogP contribution in [0.25, 0.3) is 16.6 Å². The number of para-hydroxylation sites is 1. The average Bonchev–Trinajstić information content (AvgIpc) is 3.11. The van der Waals surface area contributed by atoms with Crippen LogP contribution in [0.3, 0.4) is 0 Å². The summed E-state index contributed by atoms with van der Waals surface area (Å²) in [6.45, 7) is -0.888. The average molecular weight is 289 g/mol. The van der Waals surface area contributed by atoms with Crippen molar-refractivity contribution >= 4 is 16.7 Å². The summed E-state index contributed by atoms with van der Waals surface area (Å²) in [7, 11) is 0. The van der Waals surface area contributed by atoms with Crippen molar-refractivity contribution < 1.29 is 13.6 Å². The van der Waals surface area contributed by atoms with Crippen LogP contribution in [0.1, 0.15) is 30.3 Å². The van der Waals surface area contributed by atoms with Crippen molar-refractivity contribution in [2.75, 3.05) is 0 Å². The Bertz CT molecular complexity index is 804. The number of alkyl halides is 2. The normalized spacial score (nSPS) is 11.4. The molecule has 3 rings (SSSR count). The van der Waals surface area contributed by atoms with Gasteiger partial charge in [-0.1, -0.05) is 25.1 Å². The topological polar surface area (TPSA) is 39.8 Å². The molecule has 0 unspecified atom stereocenters. The number of rotatable bonds is 4. The van der Waals surface area contributed by atoms with E-state index in [2.05, 4.69) is 5.10 Å². The van der Waals surface area contributed by atoms with Crippen molar-refractivity contribution in [1.29, 1.82) is 0 Å². The molecule has 3 aromatic rings. The smallest absolute Gasteiger partial charge is 0.313 e. The predicted octanol–water partition coefficient (Wildman–Crippen LogP) is 3.81. The lowest BCUT2D eigenvalue weighted by atomic mass is 10.1. The van der Waals surface area contributed by atoms with Crippen molar-refractivity contribution in [3.8, 4) is 5.69 Å². The van der Waals surface area contributed by atoms with Crippen molar-refractivity contribution in [2.24, 2.45) is 0 Å². The Labute approximate surface area is 119 Å². The maximum Gasteiger partial charge on any atom is 0.333 e. The molecule has 0 amide bonds. The number of nitrogens with zero attached hydrogens (tertiary/aromatic N) is 3. The highest BCUT2D eigenvalue weighted by Crippen LogP contribution is 2.26. The second kappa shape index (κ2) is 5.12. The molecule has 0 aliphatic heterocycles. The van der Waals surface area contributed by atoms with Gasteiger partial charge >= 0.3 is 6.55 Å². The number of carbonyl (C=O) groups excluding carboxylic acids is 1. The van der Waals surface area contributed by atoms with Crippen molar-refractivity contribution in [2.45, 2.75) is 19.9 Å². The fourth-order valence-corrected chi connectivity index (χ4v) is 2.37. The molecule has 0 aliphatic carbocycles. The second-order valence-corrected chi connectivity index (χ2v) is 4.66. The van der Waals surface area contributed by atoms with Gasteiger partial charge in [-0.3, -0.25) is 4.79 Å². The van der Waals surface area contributed by atoms with Gasteiger partial charge in [0.05, 0.1) is 23.6 Å². The lowest BCUT2D eigenvalue weighted by Gasteiger charge is -2.00. The number of hydrogen-bond donors (Lipinski definition) is 0. The Balaban J connectivity index is 2.20. The van der Waals surface area contributed by atoms with Crippen molar-refractivity contribution in [3.05, 3.63) is 48.4 Å². The molecular formula is C15H13F2N3O. The van der Waals surface area contributed by atoms with E-state index in [1.807, 2.05) is 24.3 Å². The Kier molecular flexibility index (Phi) is 3.29. The van der Waals surface area contributed by atoms with Gasteiger partial charge < -0.3 is 4.57 Å². The van der Waals surface area contributed by atoms with Crippen LogP contribution in [0.15, 0.2) is 42.9 Å². The molecule has 2 aromatic heterocycles. The number of hydrogen-bond acceptors (Lipinski definition) is 2. The number of benzene rings is 1. The highest BCUT2D eigenvalue weighted by atomic mass is 19.3. The lowest BCUT2D eigenvalue weighted by Crippen LogP contribution is -1.97. The minimum atomic E-state index is -2.68. The SMILES string of the molecule is CCC(=O)c1cn(-c2cnn(C(F)F)c2)c2ccccc12. The molecule has 4 nitrogen and oxygen atoms in total. The maximum atomic E-state index is 12.6. The van der Waals surface area contributed by atoms with E-state index in [-0.39, 0.29) is 5.78 Å². The van der Waals surface area contributed by atoms with Crippen LogP contribution >= 0.6 is 0 Å². The molecule has 1 aromatic carbocycles. The van der Waals surface area contributed by atoms with Gasteiger partial charge in [-0.05, 0) is 6.07 Å². The van der Waals surface area contributed by atoms with Gasteiger partial charge in [-0.2, -0.15) is 13.9 Å². The zero-order valence-electron chi connectivity index (χ0n) is 11.3. The summed E-state index contributed by atoms with van der Waals surface area (Å²) in [4.78, 5) is 12.0. The Hall–Kier alpha value is -2.50. The predicted molar refractivity (Wildman–Crippen MR) is 74.9 cm³/mol. The Morgan fingerprint density at radius 1 is 1.29 bits per heavy atom. The van der Waals surface area contributed by atoms with Gasteiger partial charge in [-0.15, -0.1) is 0 Å².